The van der Waals surface area contributed by atoms with Crippen LogP contribution < -0.4 is 5.32 Å². The first-order chi connectivity index (χ1) is 10.1. The van der Waals surface area contributed by atoms with Gasteiger partial charge in [-0.15, -0.1) is 0 Å². The van der Waals surface area contributed by atoms with Crippen LogP contribution in [0.3, 0.4) is 0 Å². The third-order valence-electron chi connectivity index (χ3n) is 4.78. The highest BCUT2D eigenvalue weighted by Gasteiger charge is 2.38. The number of rotatable bonds is 5. The van der Waals surface area contributed by atoms with Crippen LogP contribution in [0.25, 0.3) is 0 Å². The highest BCUT2D eigenvalue weighted by atomic mass is 79.9. The zero-order valence-corrected chi connectivity index (χ0v) is 14.5. The van der Waals surface area contributed by atoms with Gasteiger partial charge in [-0.3, -0.25) is 0 Å². The Labute approximate surface area is 135 Å². The molecular weight excluding hydrogens is 333 g/mol. The van der Waals surface area contributed by atoms with E-state index in [2.05, 4.69) is 21.2 Å². The molecule has 1 atom stereocenters. The van der Waals surface area contributed by atoms with Crippen molar-refractivity contribution in [2.24, 2.45) is 0 Å². The second-order valence-electron chi connectivity index (χ2n) is 5.96. The number of ether oxygens (including phenoxy) is 1. The Bertz CT molecular complexity index is 458. The van der Waals surface area contributed by atoms with Crippen LogP contribution in [0.1, 0.15) is 44.1 Å². The van der Waals surface area contributed by atoms with Crippen LogP contribution in [-0.2, 0) is 11.2 Å². The largest absolute Gasteiger partial charge is 0.377 e. The average molecular weight is 358 g/mol. The van der Waals surface area contributed by atoms with E-state index in [1.54, 1.807) is 0 Å². The standard InChI is InChI=1S/C17H25BrFNO/c1-20-16(11-13-7-8-14(19)12-15(13)18)17(21-2)9-5-3-4-6-10-17/h7-8,12,16,20H,3-6,9-11H2,1-2H3. The lowest BCUT2D eigenvalue weighted by atomic mass is 9.83. The van der Waals surface area contributed by atoms with E-state index >= 15 is 0 Å². The van der Waals surface area contributed by atoms with Crippen LogP contribution >= 0.6 is 15.9 Å². The maximum Gasteiger partial charge on any atom is 0.124 e. The van der Waals surface area contributed by atoms with Gasteiger partial charge < -0.3 is 10.1 Å². The minimum atomic E-state index is -0.206. The summed E-state index contributed by atoms with van der Waals surface area (Å²) in [6.45, 7) is 0. The molecule has 1 fully saturated rings. The molecule has 0 saturated heterocycles. The van der Waals surface area contributed by atoms with E-state index in [0.717, 1.165) is 29.3 Å². The maximum atomic E-state index is 13.2. The van der Waals surface area contributed by atoms with E-state index in [-0.39, 0.29) is 17.5 Å². The molecule has 0 bridgehead atoms. The first-order valence-corrected chi connectivity index (χ1v) is 8.57. The van der Waals surface area contributed by atoms with Crippen molar-refractivity contribution in [1.82, 2.24) is 5.32 Å². The molecule has 0 spiro atoms. The highest BCUT2D eigenvalue weighted by molar-refractivity contribution is 9.10. The van der Waals surface area contributed by atoms with E-state index in [1.165, 1.54) is 37.8 Å². The van der Waals surface area contributed by atoms with E-state index < -0.39 is 0 Å². The van der Waals surface area contributed by atoms with E-state index in [0.29, 0.717) is 0 Å². The molecule has 2 nitrogen and oxygen atoms in total. The summed E-state index contributed by atoms with van der Waals surface area (Å²) in [6.07, 6.45) is 8.05. The summed E-state index contributed by atoms with van der Waals surface area (Å²) in [7, 11) is 3.82. The summed E-state index contributed by atoms with van der Waals surface area (Å²) in [5.74, 6) is -0.206. The number of benzene rings is 1. The van der Waals surface area contributed by atoms with Gasteiger partial charge in [0.25, 0.3) is 0 Å². The van der Waals surface area contributed by atoms with Crippen molar-refractivity contribution in [3.8, 4) is 0 Å². The van der Waals surface area contributed by atoms with Gasteiger partial charge in [-0.05, 0) is 44.0 Å². The second-order valence-corrected chi connectivity index (χ2v) is 6.82. The normalized spacial score (nSPS) is 20.0. The molecule has 1 aliphatic rings. The van der Waals surface area contributed by atoms with Gasteiger partial charge in [-0.2, -0.15) is 0 Å². The summed E-state index contributed by atoms with van der Waals surface area (Å²) >= 11 is 3.48. The second kappa shape index (κ2) is 7.70. The molecule has 0 heterocycles. The SMILES string of the molecule is CNC(Cc1ccc(F)cc1Br)C1(OC)CCCCCC1. The number of halogens is 2. The Kier molecular flexibility index (Phi) is 6.20. The molecule has 0 amide bonds. The Morgan fingerprint density at radius 3 is 2.48 bits per heavy atom. The number of nitrogens with one attached hydrogen (secondary N) is 1. The molecule has 1 saturated carbocycles. The third-order valence-corrected chi connectivity index (χ3v) is 5.52. The van der Waals surface area contributed by atoms with Gasteiger partial charge in [0.15, 0.2) is 0 Å². The first kappa shape index (κ1) is 16.9. The number of methoxy groups -OCH3 is 1. The minimum Gasteiger partial charge on any atom is -0.377 e. The monoisotopic (exact) mass is 357 g/mol. The fourth-order valence-electron chi connectivity index (χ4n) is 3.48. The quantitative estimate of drug-likeness (QED) is 0.785. The fourth-order valence-corrected chi connectivity index (χ4v) is 3.99. The van der Waals surface area contributed by atoms with Crippen LogP contribution in [0.2, 0.25) is 0 Å². The Morgan fingerprint density at radius 2 is 1.95 bits per heavy atom. The number of hydrogen-bond donors (Lipinski definition) is 1. The fraction of sp³-hybridized carbons (Fsp3) is 0.647. The Balaban J connectivity index is 2.20. The van der Waals surface area contributed by atoms with Gasteiger partial charge in [0.1, 0.15) is 5.82 Å². The molecule has 1 N–H and O–H groups in total. The zero-order valence-electron chi connectivity index (χ0n) is 12.9. The highest BCUT2D eigenvalue weighted by Crippen LogP contribution is 2.35. The summed E-state index contributed by atoms with van der Waals surface area (Å²) in [6, 6.07) is 5.17. The summed E-state index contributed by atoms with van der Waals surface area (Å²) in [4.78, 5) is 0. The predicted octanol–water partition coefficient (Wildman–Crippen LogP) is 4.46. The maximum absolute atomic E-state index is 13.2. The molecule has 0 aromatic heterocycles. The molecule has 0 aliphatic heterocycles. The molecule has 4 heteroatoms. The summed E-state index contributed by atoms with van der Waals surface area (Å²) in [5, 5.41) is 3.44. The predicted molar refractivity (Wildman–Crippen MR) is 88.1 cm³/mol. The lowest BCUT2D eigenvalue weighted by molar-refractivity contribution is -0.0509. The molecule has 1 aromatic rings. The molecule has 2 rings (SSSR count). The van der Waals surface area contributed by atoms with Crippen molar-refractivity contribution >= 4 is 15.9 Å². The van der Waals surface area contributed by atoms with Crippen LogP contribution in [0.5, 0.6) is 0 Å². The molecular formula is C17H25BrFNO. The molecule has 0 radical (unpaired) electrons. The lowest BCUT2D eigenvalue weighted by Gasteiger charge is -2.39. The molecule has 1 aromatic carbocycles. The van der Waals surface area contributed by atoms with Gasteiger partial charge in [0.2, 0.25) is 0 Å². The van der Waals surface area contributed by atoms with Crippen molar-refractivity contribution in [3.05, 3.63) is 34.1 Å². The van der Waals surface area contributed by atoms with Crippen molar-refractivity contribution in [2.75, 3.05) is 14.2 Å². The third kappa shape index (κ3) is 4.05. The Hall–Kier alpha value is -0.450. The average Bonchev–Trinajstić information content (AvgIpc) is 2.73. The van der Waals surface area contributed by atoms with E-state index in [9.17, 15) is 4.39 Å². The van der Waals surface area contributed by atoms with Crippen LogP contribution in [0.15, 0.2) is 22.7 Å². The minimum absolute atomic E-state index is 0.112. The van der Waals surface area contributed by atoms with Crippen LogP contribution in [-0.4, -0.2) is 25.8 Å². The Morgan fingerprint density at radius 1 is 1.29 bits per heavy atom. The topological polar surface area (TPSA) is 21.3 Å². The van der Waals surface area contributed by atoms with E-state index in [4.69, 9.17) is 4.74 Å². The molecule has 1 aliphatic carbocycles. The number of hydrogen-bond acceptors (Lipinski definition) is 2. The van der Waals surface area contributed by atoms with E-state index in [1.807, 2.05) is 20.2 Å². The smallest absolute Gasteiger partial charge is 0.124 e. The van der Waals surface area contributed by atoms with Crippen LogP contribution in [0, 0.1) is 5.82 Å². The molecule has 118 valence electrons. The van der Waals surface area contributed by atoms with Crippen LogP contribution in [0.4, 0.5) is 4.39 Å². The van der Waals surface area contributed by atoms with Crippen molar-refractivity contribution in [2.45, 2.75) is 56.6 Å². The van der Waals surface area contributed by atoms with Gasteiger partial charge in [0.05, 0.1) is 5.60 Å². The lowest BCUT2D eigenvalue weighted by Crippen LogP contribution is -2.52. The van der Waals surface area contributed by atoms with Gasteiger partial charge in [-0.1, -0.05) is 47.7 Å². The van der Waals surface area contributed by atoms with Gasteiger partial charge >= 0.3 is 0 Å². The molecule has 1 unspecified atom stereocenters. The summed E-state index contributed by atoms with van der Waals surface area (Å²) in [5.41, 5.74) is 1.01. The van der Waals surface area contributed by atoms with Crippen molar-refractivity contribution in [1.29, 1.82) is 0 Å². The summed E-state index contributed by atoms with van der Waals surface area (Å²) < 4.78 is 20.1. The molecule has 21 heavy (non-hydrogen) atoms. The first-order valence-electron chi connectivity index (χ1n) is 7.77. The van der Waals surface area contributed by atoms with Gasteiger partial charge in [-0.25, -0.2) is 4.39 Å². The zero-order chi connectivity index (χ0) is 15.3. The number of likely N-dealkylation sites (N-methyl/N-ethyl adjacent to an activating group) is 1. The van der Waals surface area contributed by atoms with Crippen molar-refractivity contribution in [3.63, 3.8) is 0 Å². The van der Waals surface area contributed by atoms with Crippen molar-refractivity contribution < 1.29 is 9.13 Å². The van der Waals surface area contributed by atoms with Gasteiger partial charge in [0, 0.05) is 17.6 Å².